The summed E-state index contributed by atoms with van der Waals surface area (Å²) in [7, 11) is 0. The topological polar surface area (TPSA) is 108 Å². The fourth-order valence-corrected chi connectivity index (χ4v) is 4.30. The molecule has 7 nitrogen and oxygen atoms in total. The summed E-state index contributed by atoms with van der Waals surface area (Å²) in [6, 6.07) is 19.6. The Balaban J connectivity index is 0.000000181. The van der Waals surface area contributed by atoms with Crippen LogP contribution in [-0.4, -0.2) is 31.0 Å². The summed E-state index contributed by atoms with van der Waals surface area (Å²) in [5, 5.41) is 8.61. The molecule has 2 aliphatic rings. The van der Waals surface area contributed by atoms with Crippen LogP contribution in [0.5, 0.6) is 0 Å². The number of aromatic carboxylic acids is 1. The van der Waals surface area contributed by atoms with E-state index >= 15 is 0 Å². The molecule has 0 aliphatic carbocycles. The van der Waals surface area contributed by atoms with Gasteiger partial charge in [0.25, 0.3) is 0 Å². The fourth-order valence-electron chi connectivity index (χ4n) is 4.30. The van der Waals surface area contributed by atoms with Crippen molar-refractivity contribution in [1.29, 1.82) is 0 Å². The van der Waals surface area contributed by atoms with Crippen LogP contribution in [0.3, 0.4) is 0 Å². The number of unbranched alkanes of at least 4 members (excludes halogenated alkanes) is 3. The number of carboxylic acids is 1. The minimum Gasteiger partial charge on any atom is -0.475 e. The van der Waals surface area contributed by atoms with Crippen molar-refractivity contribution in [3.05, 3.63) is 95.0 Å². The van der Waals surface area contributed by atoms with E-state index in [2.05, 4.69) is 51.1 Å². The number of aromatic nitrogens is 4. The van der Waals surface area contributed by atoms with Gasteiger partial charge in [0.15, 0.2) is 0 Å². The Bertz CT molecular complexity index is 1480. The number of H-pyrrole nitrogens is 2. The molecule has 38 heavy (non-hydrogen) atoms. The van der Waals surface area contributed by atoms with Crippen LogP contribution in [0.4, 0.5) is 0 Å². The lowest BCUT2D eigenvalue weighted by Gasteiger charge is -1.96. The lowest BCUT2D eigenvalue weighted by molar-refractivity contribution is 0.0660. The maximum Gasteiger partial charge on any atom is 0.371 e. The molecule has 0 fully saturated rings. The molecule has 0 saturated carbocycles. The first-order chi connectivity index (χ1) is 18.5. The zero-order chi connectivity index (χ0) is 26.3. The number of fused-ring (bicyclic) bond motifs is 8. The first kappa shape index (κ1) is 25.0. The van der Waals surface area contributed by atoms with Gasteiger partial charge in [-0.25, -0.2) is 14.8 Å². The van der Waals surface area contributed by atoms with Gasteiger partial charge in [-0.05, 0) is 91.4 Å². The number of aromatic amines is 2. The van der Waals surface area contributed by atoms with E-state index in [1.165, 1.54) is 25.3 Å². The molecule has 0 radical (unpaired) electrons. The molecule has 0 atom stereocenters. The molecule has 192 valence electrons. The van der Waals surface area contributed by atoms with Crippen LogP contribution in [-0.2, 0) is 6.42 Å². The number of carbonyl (C=O) groups is 1. The highest BCUT2D eigenvalue weighted by molar-refractivity contribution is 5.84. The van der Waals surface area contributed by atoms with Crippen molar-refractivity contribution in [3.8, 4) is 0 Å². The van der Waals surface area contributed by atoms with Gasteiger partial charge in [-0.15, -0.1) is 0 Å². The molecule has 3 N–H and O–H groups in total. The van der Waals surface area contributed by atoms with E-state index in [-0.39, 0.29) is 5.76 Å². The molecule has 2 aliphatic heterocycles. The monoisotopic (exact) mass is 506 g/mol. The van der Waals surface area contributed by atoms with Crippen LogP contribution in [0, 0.1) is 0 Å². The van der Waals surface area contributed by atoms with Crippen LogP contribution < -0.4 is 0 Å². The second-order valence-corrected chi connectivity index (χ2v) is 9.29. The molecule has 0 spiro atoms. The average molecular weight is 507 g/mol. The molecule has 6 heterocycles. The summed E-state index contributed by atoms with van der Waals surface area (Å²) in [6.07, 6.45) is 13.6. The Hall–Kier alpha value is -4.65. The van der Waals surface area contributed by atoms with Crippen LogP contribution in [0.2, 0.25) is 0 Å². The summed E-state index contributed by atoms with van der Waals surface area (Å²) < 4.78 is 5.13. The SMILES string of the molecule is C1=Cc2cc3ccc(cc4nc(cc5ccc(cc1n2)[nH]5)C=C4)[nH]3.CCCCCCc1ccc(C(=O)O)o1. The number of carboxylic acid groups (broad SMARTS) is 1. The first-order valence-corrected chi connectivity index (χ1v) is 12.9. The number of hydrogen-bond acceptors (Lipinski definition) is 4. The highest BCUT2D eigenvalue weighted by Gasteiger charge is 2.08. The fraction of sp³-hybridized carbons (Fsp3) is 0.194. The van der Waals surface area contributed by atoms with Gasteiger partial charge in [0, 0.05) is 28.5 Å². The predicted molar refractivity (Wildman–Crippen MR) is 152 cm³/mol. The average Bonchev–Trinajstić information content (AvgIpc) is 3.72. The van der Waals surface area contributed by atoms with Crippen molar-refractivity contribution >= 4 is 52.3 Å². The Kier molecular flexibility index (Phi) is 7.64. The van der Waals surface area contributed by atoms with Crippen LogP contribution in [0.1, 0.15) is 71.7 Å². The van der Waals surface area contributed by atoms with Crippen molar-refractivity contribution in [2.45, 2.75) is 39.0 Å². The molecule has 0 amide bonds. The van der Waals surface area contributed by atoms with E-state index in [1.54, 1.807) is 6.07 Å². The van der Waals surface area contributed by atoms with Gasteiger partial charge in [0.1, 0.15) is 5.76 Å². The Morgan fingerprint density at radius 3 is 1.58 bits per heavy atom. The smallest absolute Gasteiger partial charge is 0.371 e. The minimum absolute atomic E-state index is 0.0375. The van der Waals surface area contributed by atoms with Gasteiger partial charge in [0.2, 0.25) is 5.76 Å². The third-order valence-electron chi connectivity index (χ3n) is 6.19. The third-order valence-corrected chi connectivity index (χ3v) is 6.19. The van der Waals surface area contributed by atoms with E-state index in [9.17, 15) is 4.79 Å². The highest BCUT2D eigenvalue weighted by Crippen LogP contribution is 2.17. The second-order valence-electron chi connectivity index (χ2n) is 9.29. The van der Waals surface area contributed by atoms with Crippen LogP contribution in [0.25, 0.3) is 46.4 Å². The maximum atomic E-state index is 10.5. The summed E-state index contributed by atoms with van der Waals surface area (Å²) >= 11 is 0. The quantitative estimate of drug-likeness (QED) is 0.200. The third kappa shape index (κ3) is 6.56. The van der Waals surface area contributed by atoms with Crippen molar-refractivity contribution in [1.82, 2.24) is 19.9 Å². The number of aryl methyl sites for hydroxylation is 1. The van der Waals surface area contributed by atoms with Gasteiger partial charge in [-0.1, -0.05) is 26.2 Å². The molecule has 8 bridgehead atoms. The van der Waals surface area contributed by atoms with E-state index in [4.69, 9.17) is 9.52 Å². The Morgan fingerprint density at radius 2 is 1.18 bits per heavy atom. The second kappa shape index (κ2) is 11.6. The summed E-state index contributed by atoms with van der Waals surface area (Å²) in [5.41, 5.74) is 7.86. The number of rotatable bonds is 6. The van der Waals surface area contributed by atoms with Gasteiger partial charge in [0.05, 0.1) is 22.8 Å². The summed E-state index contributed by atoms with van der Waals surface area (Å²) in [6.45, 7) is 2.16. The molecule has 7 heteroatoms. The van der Waals surface area contributed by atoms with Gasteiger partial charge < -0.3 is 19.5 Å². The largest absolute Gasteiger partial charge is 0.475 e. The van der Waals surface area contributed by atoms with Gasteiger partial charge in [-0.2, -0.15) is 0 Å². The Labute approximate surface area is 220 Å². The van der Waals surface area contributed by atoms with Gasteiger partial charge >= 0.3 is 5.97 Å². The zero-order valence-electron chi connectivity index (χ0n) is 21.3. The van der Waals surface area contributed by atoms with Crippen molar-refractivity contribution in [3.63, 3.8) is 0 Å². The zero-order valence-corrected chi connectivity index (χ0v) is 21.3. The molecule has 0 saturated heterocycles. The molecule has 0 aromatic carbocycles. The first-order valence-electron chi connectivity index (χ1n) is 12.9. The molecule has 4 aromatic heterocycles. The lowest BCUT2D eigenvalue weighted by atomic mass is 10.1. The number of nitrogens with one attached hydrogen (secondary N) is 2. The van der Waals surface area contributed by atoms with Crippen LogP contribution in [0.15, 0.2) is 65.1 Å². The van der Waals surface area contributed by atoms with E-state index < -0.39 is 5.97 Å². The highest BCUT2D eigenvalue weighted by atomic mass is 16.4. The van der Waals surface area contributed by atoms with Crippen molar-refractivity contribution in [2.75, 3.05) is 0 Å². The lowest BCUT2D eigenvalue weighted by Crippen LogP contribution is -1.92. The van der Waals surface area contributed by atoms with Gasteiger partial charge in [-0.3, -0.25) is 0 Å². The van der Waals surface area contributed by atoms with Crippen LogP contribution >= 0.6 is 0 Å². The standard InChI is InChI=1S/C20H14N4.C11H16O3/c1-2-14-10-16-5-6-18(23-16)12-20-8-7-19(24-20)11-17-4-3-15(22-17)9-13(1)21-14;1-2-3-4-5-6-9-7-8-10(14-9)11(12)13/h1-12,21,24H;7-8H,2-6H2,1H3,(H,12,13). The summed E-state index contributed by atoms with van der Waals surface area (Å²) in [5.74, 6) is -0.182. The van der Waals surface area contributed by atoms with E-state index in [0.29, 0.717) is 0 Å². The number of hydrogen-bond donors (Lipinski definition) is 3. The maximum absolute atomic E-state index is 10.5. The van der Waals surface area contributed by atoms with Crippen molar-refractivity contribution < 1.29 is 14.3 Å². The number of furan rings is 1. The summed E-state index contributed by atoms with van der Waals surface area (Å²) in [4.78, 5) is 26.5. The minimum atomic E-state index is -0.996. The normalized spacial score (nSPS) is 11.8. The van der Waals surface area contributed by atoms with E-state index in [0.717, 1.165) is 63.4 Å². The molecule has 6 rings (SSSR count). The Morgan fingerprint density at radius 1 is 0.711 bits per heavy atom. The predicted octanol–water partition coefficient (Wildman–Crippen LogP) is 7.76. The molecule has 0 unspecified atom stereocenters. The van der Waals surface area contributed by atoms with E-state index in [1.807, 2.05) is 48.6 Å². The van der Waals surface area contributed by atoms with Crippen molar-refractivity contribution in [2.24, 2.45) is 0 Å². The molecular weight excluding hydrogens is 476 g/mol. The molecular formula is C31H30N4O3. The molecule has 4 aromatic rings. The number of nitrogens with zero attached hydrogens (tertiary/aromatic N) is 2.